The summed E-state index contributed by atoms with van der Waals surface area (Å²) in [5, 5.41) is 12.8. The molecule has 3 rings (SSSR count). The summed E-state index contributed by atoms with van der Waals surface area (Å²) in [5.74, 6) is -0.610. The first-order valence-corrected chi connectivity index (χ1v) is 6.89. The number of carboxylic acid groups (broad SMARTS) is 1. The zero-order valence-electron chi connectivity index (χ0n) is 12.4. The summed E-state index contributed by atoms with van der Waals surface area (Å²) in [5.41, 5.74) is -1.60. The van der Waals surface area contributed by atoms with Gasteiger partial charge in [-0.15, -0.1) is 0 Å². The summed E-state index contributed by atoms with van der Waals surface area (Å²) in [6.07, 6.45) is -4.31. The number of rotatable bonds is 4. The molecule has 0 atom stereocenters. The van der Waals surface area contributed by atoms with E-state index >= 15 is 0 Å². The SMILES string of the molecule is Cc1cc(OC2CN(c3ncc(C(F)(F)F)cc3C(=O)O)C2)no1. The molecule has 1 saturated heterocycles. The summed E-state index contributed by atoms with van der Waals surface area (Å²) >= 11 is 0. The molecular formula is C14H12F3N3O4. The average molecular weight is 343 g/mol. The number of aromatic carboxylic acids is 1. The molecular weight excluding hydrogens is 331 g/mol. The Kier molecular flexibility index (Phi) is 3.82. The van der Waals surface area contributed by atoms with E-state index in [0.717, 1.165) is 0 Å². The minimum Gasteiger partial charge on any atom is -0.478 e. The number of halogens is 3. The minimum atomic E-state index is -4.65. The van der Waals surface area contributed by atoms with Crippen LogP contribution in [-0.4, -0.2) is 40.4 Å². The van der Waals surface area contributed by atoms with Gasteiger partial charge in [0.15, 0.2) is 0 Å². The molecule has 0 aromatic carbocycles. The molecule has 1 N–H and O–H groups in total. The topological polar surface area (TPSA) is 88.7 Å². The third-order valence-corrected chi connectivity index (χ3v) is 3.47. The van der Waals surface area contributed by atoms with E-state index < -0.39 is 23.3 Å². The number of hydrogen-bond donors (Lipinski definition) is 1. The van der Waals surface area contributed by atoms with Crippen molar-refractivity contribution in [3.63, 3.8) is 0 Å². The molecule has 0 radical (unpaired) electrons. The van der Waals surface area contributed by atoms with Crippen LogP contribution in [0.15, 0.2) is 22.9 Å². The van der Waals surface area contributed by atoms with Crippen molar-refractivity contribution < 1.29 is 32.3 Å². The first-order chi connectivity index (χ1) is 11.2. The second kappa shape index (κ2) is 5.69. The fraction of sp³-hybridized carbons (Fsp3) is 0.357. The van der Waals surface area contributed by atoms with Gasteiger partial charge in [0.25, 0.3) is 5.88 Å². The third kappa shape index (κ3) is 3.12. The van der Waals surface area contributed by atoms with Crippen LogP contribution in [-0.2, 0) is 6.18 Å². The van der Waals surface area contributed by atoms with Crippen molar-refractivity contribution in [1.82, 2.24) is 10.1 Å². The lowest BCUT2D eigenvalue weighted by atomic mass is 10.1. The number of carboxylic acids is 1. The van der Waals surface area contributed by atoms with E-state index in [9.17, 15) is 18.0 Å². The fourth-order valence-corrected chi connectivity index (χ4v) is 2.28. The lowest BCUT2D eigenvalue weighted by Gasteiger charge is -2.39. The number of pyridine rings is 1. The van der Waals surface area contributed by atoms with E-state index in [-0.39, 0.29) is 25.0 Å². The van der Waals surface area contributed by atoms with Crippen LogP contribution in [0.3, 0.4) is 0 Å². The highest BCUT2D eigenvalue weighted by atomic mass is 19.4. The highest BCUT2D eigenvalue weighted by Gasteiger charge is 2.36. The fourth-order valence-electron chi connectivity index (χ4n) is 2.28. The number of ether oxygens (including phenoxy) is 1. The zero-order valence-corrected chi connectivity index (χ0v) is 12.4. The molecule has 0 spiro atoms. The van der Waals surface area contributed by atoms with E-state index in [2.05, 4.69) is 10.1 Å². The Morgan fingerprint density at radius 2 is 2.12 bits per heavy atom. The Morgan fingerprint density at radius 1 is 1.42 bits per heavy atom. The molecule has 0 unspecified atom stereocenters. The predicted octanol–water partition coefficient (Wildman–Crippen LogP) is 2.36. The summed E-state index contributed by atoms with van der Waals surface area (Å²) in [4.78, 5) is 16.4. The van der Waals surface area contributed by atoms with Gasteiger partial charge in [-0.3, -0.25) is 0 Å². The molecule has 3 heterocycles. The van der Waals surface area contributed by atoms with Crippen molar-refractivity contribution in [3.8, 4) is 5.88 Å². The Balaban J connectivity index is 1.73. The summed E-state index contributed by atoms with van der Waals surface area (Å²) in [7, 11) is 0. The summed E-state index contributed by atoms with van der Waals surface area (Å²) in [6.45, 7) is 2.27. The molecule has 128 valence electrons. The second-order valence-electron chi connectivity index (χ2n) is 5.32. The molecule has 0 saturated carbocycles. The van der Waals surface area contributed by atoms with Gasteiger partial charge < -0.3 is 19.3 Å². The van der Waals surface area contributed by atoms with Gasteiger partial charge in [-0.25, -0.2) is 9.78 Å². The van der Waals surface area contributed by atoms with Gasteiger partial charge in [-0.2, -0.15) is 13.2 Å². The maximum Gasteiger partial charge on any atom is 0.417 e. The van der Waals surface area contributed by atoms with Crippen molar-refractivity contribution >= 4 is 11.8 Å². The monoisotopic (exact) mass is 343 g/mol. The van der Waals surface area contributed by atoms with Crippen molar-refractivity contribution in [2.24, 2.45) is 0 Å². The molecule has 0 aliphatic carbocycles. The molecule has 1 aliphatic heterocycles. The van der Waals surface area contributed by atoms with E-state index in [0.29, 0.717) is 23.9 Å². The van der Waals surface area contributed by atoms with Gasteiger partial charge in [-0.1, -0.05) is 0 Å². The molecule has 2 aromatic heterocycles. The van der Waals surface area contributed by atoms with Crippen LogP contribution in [0.4, 0.5) is 19.0 Å². The normalized spacial score (nSPS) is 15.2. The Bertz CT molecular complexity index is 769. The van der Waals surface area contributed by atoms with Crippen LogP contribution >= 0.6 is 0 Å². The molecule has 24 heavy (non-hydrogen) atoms. The molecule has 2 aromatic rings. The van der Waals surface area contributed by atoms with E-state index in [1.165, 1.54) is 4.90 Å². The molecule has 7 nitrogen and oxygen atoms in total. The standard InChI is InChI=1S/C14H12F3N3O4/c1-7-2-11(19-24-7)23-9-5-20(6-9)12-10(13(21)22)3-8(4-18-12)14(15,16)17/h2-4,9H,5-6H2,1H3,(H,21,22). The zero-order chi connectivity index (χ0) is 17.5. The largest absolute Gasteiger partial charge is 0.478 e. The average Bonchev–Trinajstić information content (AvgIpc) is 2.86. The lowest BCUT2D eigenvalue weighted by Crippen LogP contribution is -2.54. The van der Waals surface area contributed by atoms with Crippen molar-refractivity contribution in [3.05, 3.63) is 35.2 Å². The van der Waals surface area contributed by atoms with Gasteiger partial charge in [-0.05, 0) is 18.1 Å². The highest BCUT2D eigenvalue weighted by Crippen LogP contribution is 2.33. The first-order valence-electron chi connectivity index (χ1n) is 6.89. The van der Waals surface area contributed by atoms with Gasteiger partial charge in [0, 0.05) is 12.3 Å². The molecule has 0 bridgehead atoms. The van der Waals surface area contributed by atoms with Crippen molar-refractivity contribution in [2.45, 2.75) is 19.2 Å². The maximum atomic E-state index is 12.7. The second-order valence-corrected chi connectivity index (χ2v) is 5.32. The molecule has 1 fully saturated rings. The molecule has 10 heteroatoms. The Morgan fingerprint density at radius 3 is 2.67 bits per heavy atom. The van der Waals surface area contributed by atoms with E-state index in [1.807, 2.05) is 0 Å². The number of alkyl halides is 3. The Hall–Kier alpha value is -2.78. The first kappa shape index (κ1) is 16.1. The number of anilines is 1. The van der Waals surface area contributed by atoms with Crippen LogP contribution in [0.5, 0.6) is 5.88 Å². The quantitative estimate of drug-likeness (QED) is 0.911. The minimum absolute atomic E-state index is 0.0216. The number of nitrogens with zero attached hydrogens (tertiary/aromatic N) is 3. The Labute approximate surface area is 133 Å². The number of aryl methyl sites for hydroxylation is 1. The van der Waals surface area contributed by atoms with Crippen LogP contribution in [0.25, 0.3) is 0 Å². The van der Waals surface area contributed by atoms with Crippen LogP contribution in [0, 0.1) is 6.92 Å². The molecule has 0 amide bonds. The lowest BCUT2D eigenvalue weighted by molar-refractivity contribution is -0.137. The molecule has 1 aliphatic rings. The number of carbonyl (C=O) groups is 1. The predicted molar refractivity (Wildman–Crippen MR) is 74.1 cm³/mol. The van der Waals surface area contributed by atoms with Crippen LogP contribution in [0.1, 0.15) is 21.7 Å². The maximum absolute atomic E-state index is 12.7. The van der Waals surface area contributed by atoms with Gasteiger partial charge in [0.1, 0.15) is 23.2 Å². The third-order valence-electron chi connectivity index (χ3n) is 3.47. The van der Waals surface area contributed by atoms with Gasteiger partial charge in [0.2, 0.25) is 0 Å². The van der Waals surface area contributed by atoms with Crippen molar-refractivity contribution in [1.29, 1.82) is 0 Å². The van der Waals surface area contributed by atoms with Gasteiger partial charge >= 0.3 is 12.1 Å². The van der Waals surface area contributed by atoms with E-state index in [4.69, 9.17) is 14.4 Å². The van der Waals surface area contributed by atoms with E-state index in [1.54, 1.807) is 13.0 Å². The number of hydrogen-bond acceptors (Lipinski definition) is 6. The summed E-state index contributed by atoms with van der Waals surface area (Å²) < 4.78 is 48.4. The smallest absolute Gasteiger partial charge is 0.417 e. The van der Waals surface area contributed by atoms with Crippen molar-refractivity contribution in [2.75, 3.05) is 18.0 Å². The van der Waals surface area contributed by atoms with Gasteiger partial charge in [0.05, 0.1) is 18.7 Å². The highest BCUT2D eigenvalue weighted by molar-refractivity contribution is 5.93. The van der Waals surface area contributed by atoms with Crippen LogP contribution in [0.2, 0.25) is 0 Å². The summed E-state index contributed by atoms with van der Waals surface area (Å²) in [6, 6.07) is 2.18. The number of aromatic nitrogens is 2. The van der Waals surface area contributed by atoms with Crippen LogP contribution < -0.4 is 9.64 Å².